The predicted octanol–water partition coefficient (Wildman–Crippen LogP) is 2.87. The van der Waals surface area contributed by atoms with E-state index >= 15 is 0 Å². The van der Waals surface area contributed by atoms with Crippen molar-refractivity contribution in [2.75, 3.05) is 24.8 Å². The van der Waals surface area contributed by atoms with Gasteiger partial charge in [0.15, 0.2) is 11.4 Å². The van der Waals surface area contributed by atoms with Gasteiger partial charge in [0, 0.05) is 25.4 Å². The minimum absolute atomic E-state index is 0.0193. The maximum absolute atomic E-state index is 13.3. The van der Waals surface area contributed by atoms with Crippen LogP contribution in [0.15, 0.2) is 64.6 Å². The van der Waals surface area contributed by atoms with Crippen LogP contribution in [-0.4, -0.2) is 45.5 Å². The highest BCUT2D eigenvalue weighted by Crippen LogP contribution is 2.42. The van der Waals surface area contributed by atoms with Crippen LogP contribution in [0.3, 0.4) is 0 Å². The van der Waals surface area contributed by atoms with Crippen LogP contribution in [0.2, 0.25) is 0 Å². The topological polar surface area (TPSA) is 86.0 Å². The third-order valence-electron chi connectivity index (χ3n) is 6.93. The van der Waals surface area contributed by atoms with Crippen LogP contribution in [0.5, 0.6) is 5.75 Å². The maximum atomic E-state index is 13.3. The molecule has 0 bridgehead atoms. The molecule has 5 rings (SSSR count). The van der Waals surface area contributed by atoms with Crippen LogP contribution in [-0.2, 0) is 6.42 Å². The Morgan fingerprint density at radius 1 is 1.12 bits per heavy atom. The van der Waals surface area contributed by atoms with Crippen molar-refractivity contribution in [3.8, 4) is 5.75 Å². The Bertz CT molecular complexity index is 1210. The van der Waals surface area contributed by atoms with Crippen LogP contribution in [0.1, 0.15) is 53.8 Å². The number of fused-ring (bicyclic) bond motifs is 2. The molecule has 2 aliphatic carbocycles. The van der Waals surface area contributed by atoms with Gasteiger partial charge in [0.1, 0.15) is 6.67 Å². The zero-order valence-corrected chi connectivity index (χ0v) is 18.8. The van der Waals surface area contributed by atoms with Crippen LogP contribution in [0, 0.1) is 5.92 Å². The van der Waals surface area contributed by atoms with Crippen molar-refractivity contribution in [3.05, 3.63) is 86.9 Å². The van der Waals surface area contributed by atoms with E-state index in [-0.39, 0.29) is 30.9 Å². The number of carbonyl (C=O) groups excluding carboxylic acids is 1. The average Bonchev–Trinajstić information content (AvgIpc) is 3.00. The zero-order valence-electron chi connectivity index (χ0n) is 18.8. The number of hydrogen-bond donors (Lipinski definition) is 2. The summed E-state index contributed by atoms with van der Waals surface area (Å²) in [4.78, 5) is 27.2. The van der Waals surface area contributed by atoms with Gasteiger partial charge in [0.25, 0.3) is 5.91 Å². The summed E-state index contributed by atoms with van der Waals surface area (Å²) >= 11 is 0. The Labute approximate surface area is 192 Å². The third-order valence-corrected chi connectivity index (χ3v) is 6.93. The fraction of sp³-hybridized carbons (Fsp3) is 0.385. The number of benzene rings is 1. The van der Waals surface area contributed by atoms with E-state index in [4.69, 9.17) is 0 Å². The molecule has 2 atom stereocenters. The quantitative estimate of drug-likeness (QED) is 0.753. The molecule has 33 heavy (non-hydrogen) atoms. The van der Waals surface area contributed by atoms with E-state index in [1.54, 1.807) is 15.8 Å². The number of nitrogens with zero attached hydrogens (tertiary/aromatic N) is 3. The first kappa shape index (κ1) is 21.5. The Hall–Kier alpha value is -3.32. The molecule has 1 aromatic heterocycles. The van der Waals surface area contributed by atoms with Gasteiger partial charge in [-0.2, -0.15) is 0 Å². The second-order valence-electron chi connectivity index (χ2n) is 9.21. The van der Waals surface area contributed by atoms with Crippen molar-refractivity contribution in [2.24, 2.45) is 5.92 Å². The molecule has 2 N–H and O–H groups in total. The summed E-state index contributed by atoms with van der Waals surface area (Å²) in [5, 5.41) is 22.3. The maximum Gasteiger partial charge on any atom is 0.277 e. The number of rotatable bonds is 4. The molecule has 2 unspecified atom stereocenters. The summed E-state index contributed by atoms with van der Waals surface area (Å²) in [5.41, 5.74) is 4.50. The van der Waals surface area contributed by atoms with E-state index in [9.17, 15) is 19.8 Å². The van der Waals surface area contributed by atoms with E-state index < -0.39 is 17.1 Å². The van der Waals surface area contributed by atoms with Crippen LogP contribution >= 0.6 is 0 Å². The fourth-order valence-electron chi connectivity index (χ4n) is 5.28. The Morgan fingerprint density at radius 2 is 1.94 bits per heavy atom. The summed E-state index contributed by atoms with van der Waals surface area (Å²) < 4.78 is 1.66. The smallest absolute Gasteiger partial charge is 0.277 e. The summed E-state index contributed by atoms with van der Waals surface area (Å²) in [6.07, 6.45) is 9.81. The first-order valence-electron chi connectivity index (χ1n) is 11.6. The standard InChI is InChI=1S/C26H29N3O4/c1-17(15-30)14-27-16-29(28-13-12-22(31)25(32)24(28)26(27)33)23-20-8-4-2-6-18(20)10-11-19-7-3-5-9-21(19)23/h2-4,6-8,12-13,17,23,30,32H,5,9-11,14-16H2,1H3. The molecule has 0 fully saturated rings. The molecule has 3 aliphatic rings. The average molecular weight is 448 g/mol. The minimum Gasteiger partial charge on any atom is -0.502 e. The number of carbonyl (C=O) groups is 1. The van der Waals surface area contributed by atoms with Gasteiger partial charge in [-0.25, -0.2) is 0 Å². The minimum atomic E-state index is -0.576. The molecule has 0 spiro atoms. The predicted molar refractivity (Wildman–Crippen MR) is 126 cm³/mol. The highest BCUT2D eigenvalue weighted by molar-refractivity contribution is 5.96. The van der Waals surface area contributed by atoms with Gasteiger partial charge in [-0.3, -0.25) is 19.3 Å². The van der Waals surface area contributed by atoms with Gasteiger partial charge in [0.2, 0.25) is 5.43 Å². The molecule has 1 aliphatic heterocycles. The highest BCUT2D eigenvalue weighted by atomic mass is 16.3. The van der Waals surface area contributed by atoms with Crippen molar-refractivity contribution in [1.29, 1.82) is 0 Å². The van der Waals surface area contributed by atoms with Crippen molar-refractivity contribution in [2.45, 2.75) is 38.6 Å². The lowest BCUT2D eigenvalue weighted by atomic mass is 9.88. The molecule has 7 heteroatoms. The van der Waals surface area contributed by atoms with Gasteiger partial charge in [-0.15, -0.1) is 0 Å². The molecular weight excluding hydrogens is 418 g/mol. The summed E-state index contributed by atoms with van der Waals surface area (Å²) in [5.74, 6) is -1.07. The van der Waals surface area contributed by atoms with E-state index in [0.29, 0.717) is 6.54 Å². The molecule has 0 saturated heterocycles. The fourth-order valence-corrected chi connectivity index (χ4v) is 5.28. The Balaban J connectivity index is 1.72. The number of amides is 1. The number of aliphatic hydroxyl groups is 1. The van der Waals surface area contributed by atoms with Crippen LogP contribution in [0.25, 0.3) is 0 Å². The molecule has 2 heterocycles. The Kier molecular flexibility index (Phi) is 5.58. The van der Waals surface area contributed by atoms with Crippen molar-refractivity contribution in [3.63, 3.8) is 0 Å². The lowest BCUT2D eigenvalue weighted by Crippen LogP contribution is -2.56. The van der Waals surface area contributed by atoms with E-state index in [1.807, 2.05) is 13.0 Å². The van der Waals surface area contributed by atoms with Crippen molar-refractivity contribution < 1.29 is 15.0 Å². The van der Waals surface area contributed by atoms with E-state index in [1.165, 1.54) is 28.3 Å². The molecule has 0 radical (unpaired) electrons. The van der Waals surface area contributed by atoms with E-state index in [2.05, 4.69) is 35.4 Å². The Morgan fingerprint density at radius 3 is 2.76 bits per heavy atom. The lowest BCUT2D eigenvalue weighted by Gasteiger charge is -2.45. The van der Waals surface area contributed by atoms with Crippen LogP contribution < -0.4 is 10.4 Å². The normalized spacial score (nSPS) is 20.8. The number of pyridine rings is 1. The first-order chi connectivity index (χ1) is 16.0. The molecule has 2 aromatic rings. The molecular formula is C26H29N3O4. The van der Waals surface area contributed by atoms with Gasteiger partial charge in [0.05, 0.1) is 6.04 Å². The second-order valence-corrected chi connectivity index (χ2v) is 9.21. The lowest BCUT2D eigenvalue weighted by molar-refractivity contribution is 0.0627. The summed E-state index contributed by atoms with van der Waals surface area (Å²) in [6.45, 7) is 2.44. The molecule has 172 valence electrons. The number of aryl methyl sites for hydroxylation is 1. The first-order valence-corrected chi connectivity index (χ1v) is 11.6. The van der Waals surface area contributed by atoms with Crippen molar-refractivity contribution >= 4 is 5.91 Å². The van der Waals surface area contributed by atoms with Gasteiger partial charge in [-0.05, 0) is 53.9 Å². The number of hydrogen-bond acceptors (Lipinski definition) is 5. The molecule has 1 aromatic carbocycles. The summed E-state index contributed by atoms with van der Waals surface area (Å²) in [7, 11) is 0. The van der Waals surface area contributed by atoms with Crippen molar-refractivity contribution in [1.82, 2.24) is 9.58 Å². The number of aromatic hydroxyl groups is 1. The monoisotopic (exact) mass is 447 g/mol. The SMILES string of the molecule is CC(CO)CN1CN(C2C3=C(C=CCC3)CCc3ccccc32)n2ccc(=O)c(O)c2C1=O. The molecule has 1 amide bonds. The van der Waals surface area contributed by atoms with Crippen LogP contribution in [0.4, 0.5) is 0 Å². The summed E-state index contributed by atoms with van der Waals surface area (Å²) in [6, 6.07) is 9.58. The van der Waals surface area contributed by atoms with Gasteiger partial charge >= 0.3 is 0 Å². The second kappa shape index (κ2) is 8.56. The van der Waals surface area contributed by atoms with Gasteiger partial charge in [-0.1, -0.05) is 43.3 Å². The van der Waals surface area contributed by atoms with Gasteiger partial charge < -0.3 is 15.1 Å². The van der Waals surface area contributed by atoms with E-state index in [0.717, 1.165) is 25.7 Å². The third kappa shape index (κ3) is 3.66. The number of aliphatic hydroxyl groups excluding tert-OH is 1. The largest absolute Gasteiger partial charge is 0.502 e. The number of aromatic nitrogens is 1. The molecule has 7 nitrogen and oxygen atoms in total. The highest BCUT2D eigenvalue weighted by Gasteiger charge is 2.39. The zero-order chi connectivity index (χ0) is 23.1. The number of allylic oxidation sites excluding steroid dienone is 3. The molecule has 0 saturated carbocycles.